The van der Waals surface area contributed by atoms with Crippen LogP contribution in [0.15, 0.2) is 47.4 Å². The Morgan fingerprint density at radius 1 is 1.10 bits per heavy atom. The van der Waals surface area contributed by atoms with Crippen molar-refractivity contribution in [2.45, 2.75) is 44.0 Å². The Bertz CT molecular complexity index is 1050. The molecule has 160 valence electrons. The molecule has 7 nitrogen and oxygen atoms in total. The lowest BCUT2D eigenvalue weighted by Gasteiger charge is -2.22. The molecule has 3 N–H and O–H groups in total. The quantitative estimate of drug-likeness (QED) is 0.651. The van der Waals surface area contributed by atoms with Crippen molar-refractivity contribution in [3.8, 4) is 0 Å². The van der Waals surface area contributed by atoms with E-state index in [1.807, 2.05) is 0 Å². The van der Waals surface area contributed by atoms with Crippen molar-refractivity contribution >= 4 is 33.2 Å². The largest absolute Gasteiger partial charge is 0.326 e. The van der Waals surface area contributed by atoms with Crippen LogP contribution in [-0.4, -0.2) is 26.3 Å². The fourth-order valence-corrected chi connectivity index (χ4v) is 4.59. The van der Waals surface area contributed by atoms with Crippen molar-refractivity contribution in [2.75, 3.05) is 10.6 Å². The Morgan fingerprint density at radius 2 is 1.80 bits per heavy atom. The molecule has 2 aromatic carbocycles. The molecule has 1 aliphatic heterocycles. The molecule has 2 amide bonds. The van der Waals surface area contributed by atoms with E-state index < -0.39 is 27.8 Å². The van der Waals surface area contributed by atoms with Crippen LogP contribution in [0.1, 0.15) is 32.3 Å². The highest BCUT2D eigenvalue weighted by atomic mass is 32.2. The summed E-state index contributed by atoms with van der Waals surface area (Å²) in [4.78, 5) is 24.4. The molecule has 1 aliphatic rings. The second-order valence-electron chi connectivity index (χ2n) is 7.56. The maximum atomic E-state index is 13.1. The Hall–Kier alpha value is -2.78. The molecular weight excluding hydrogens is 409 g/mol. The molecule has 0 fully saturated rings. The first kappa shape index (κ1) is 21.9. The predicted octanol–water partition coefficient (Wildman–Crippen LogP) is 3.04. The summed E-state index contributed by atoms with van der Waals surface area (Å²) in [6, 6.07) is 8.69. The SMILES string of the molecule is CC(C)C(NS(=O)(=O)c1ccc2c(c1)CCCC(=O)N2)C(=O)Nc1ccc(F)cc1. The molecule has 1 atom stereocenters. The van der Waals surface area contributed by atoms with Gasteiger partial charge in [-0.1, -0.05) is 13.8 Å². The van der Waals surface area contributed by atoms with Crippen molar-refractivity contribution in [2.24, 2.45) is 5.92 Å². The van der Waals surface area contributed by atoms with E-state index in [1.165, 1.54) is 36.4 Å². The number of amides is 2. The Kier molecular flexibility index (Phi) is 6.52. The summed E-state index contributed by atoms with van der Waals surface area (Å²) in [7, 11) is -3.99. The lowest BCUT2D eigenvalue weighted by atomic mass is 10.0. The van der Waals surface area contributed by atoms with Gasteiger partial charge in [0, 0.05) is 17.8 Å². The normalized spacial score (nSPS) is 15.1. The van der Waals surface area contributed by atoms with E-state index in [2.05, 4.69) is 15.4 Å². The molecule has 0 saturated carbocycles. The number of hydrogen-bond acceptors (Lipinski definition) is 4. The van der Waals surface area contributed by atoms with E-state index in [9.17, 15) is 22.4 Å². The zero-order valence-electron chi connectivity index (χ0n) is 16.7. The van der Waals surface area contributed by atoms with Crippen LogP contribution in [-0.2, 0) is 26.0 Å². The molecule has 0 saturated heterocycles. The van der Waals surface area contributed by atoms with Gasteiger partial charge in [0.25, 0.3) is 0 Å². The molecule has 30 heavy (non-hydrogen) atoms. The Morgan fingerprint density at radius 3 is 2.47 bits per heavy atom. The number of anilines is 2. The van der Waals surface area contributed by atoms with Crippen LogP contribution in [0.3, 0.4) is 0 Å². The van der Waals surface area contributed by atoms with Crippen molar-refractivity contribution in [1.82, 2.24) is 4.72 Å². The Balaban J connectivity index is 1.80. The zero-order chi connectivity index (χ0) is 21.9. The van der Waals surface area contributed by atoms with Gasteiger partial charge >= 0.3 is 0 Å². The summed E-state index contributed by atoms with van der Waals surface area (Å²) >= 11 is 0. The number of benzene rings is 2. The summed E-state index contributed by atoms with van der Waals surface area (Å²) in [6.07, 6.45) is 1.59. The van der Waals surface area contributed by atoms with Crippen molar-refractivity contribution in [1.29, 1.82) is 0 Å². The Labute approximate surface area is 175 Å². The number of hydrogen-bond donors (Lipinski definition) is 3. The van der Waals surface area contributed by atoms with E-state index >= 15 is 0 Å². The second-order valence-corrected chi connectivity index (χ2v) is 9.27. The number of aryl methyl sites for hydroxylation is 1. The third kappa shape index (κ3) is 5.22. The molecule has 0 radical (unpaired) electrons. The highest BCUT2D eigenvalue weighted by Gasteiger charge is 2.29. The highest BCUT2D eigenvalue weighted by molar-refractivity contribution is 7.89. The van der Waals surface area contributed by atoms with Crippen molar-refractivity contribution in [3.05, 3.63) is 53.8 Å². The molecule has 0 aliphatic carbocycles. The number of rotatable bonds is 6. The van der Waals surface area contributed by atoms with Gasteiger partial charge in [-0.3, -0.25) is 9.59 Å². The van der Waals surface area contributed by atoms with Crippen LogP contribution in [0.4, 0.5) is 15.8 Å². The van der Waals surface area contributed by atoms with Gasteiger partial charge in [-0.25, -0.2) is 12.8 Å². The predicted molar refractivity (Wildman–Crippen MR) is 112 cm³/mol. The third-order valence-corrected chi connectivity index (χ3v) is 6.29. The van der Waals surface area contributed by atoms with E-state index in [4.69, 9.17) is 0 Å². The van der Waals surface area contributed by atoms with Gasteiger partial charge in [0.2, 0.25) is 21.8 Å². The summed E-state index contributed by atoms with van der Waals surface area (Å²) < 4.78 is 41.4. The molecule has 9 heteroatoms. The van der Waals surface area contributed by atoms with Crippen LogP contribution < -0.4 is 15.4 Å². The molecule has 3 rings (SSSR count). The maximum absolute atomic E-state index is 13.1. The standard InChI is InChI=1S/C21H24FN3O4S/c1-13(2)20(21(27)23-16-8-6-15(22)7-9-16)25-30(28,29)17-10-11-18-14(12-17)4-3-5-19(26)24-18/h6-13,20,25H,3-5H2,1-2H3,(H,23,27)(H,24,26). The molecule has 2 aromatic rings. The molecule has 0 aromatic heterocycles. The molecule has 0 spiro atoms. The minimum absolute atomic E-state index is 0.0256. The summed E-state index contributed by atoms with van der Waals surface area (Å²) in [5.41, 5.74) is 1.71. The van der Waals surface area contributed by atoms with E-state index in [-0.39, 0.29) is 16.7 Å². The molecule has 1 unspecified atom stereocenters. The van der Waals surface area contributed by atoms with Crippen LogP contribution in [0.5, 0.6) is 0 Å². The van der Waals surface area contributed by atoms with Crippen LogP contribution in [0, 0.1) is 11.7 Å². The van der Waals surface area contributed by atoms with Gasteiger partial charge in [-0.15, -0.1) is 0 Å². The number of fused-ring (bicyclic) bond motifs is 1. The first-order valence-corrected chi connectivity index (χ1v) is 11.2. The fraction of sp³-hybridized carbons (Fsp3) is 0.333. The monoisotopic (exact) mass is 433 g/mol. The lowest BCUT2D eigenvalue weighted by molar-refractivity contribution is -0.118. The number of carbonyl (C=O) groups is 2. The third-order valence-electron chi connectivity index (χ3n) is 4.85. The van der Waals surface area contributed by atoms with Gasteiger partial charge in [0.15, 0.2) is 0 Å². The number of halogens is 1. The van der Waals surface area contributed by atoms with Gasteiger partial charge in [0.1, 0.15) is 11.9 Å². The highest BCUT2D eigenvalue weighted by Crippen LogP contribution is 2.25. The number of nitrogens with one attached hydrogen (secondary N) is 3. The van der Waals surface area contributed by atoms with E-state index in [0.29, 0.717) is 30.6 Å². The van der Waals surface area contributed by atoms with Gasteiger partial charge in [-0.2, -0.15) is 4.72 Å². The zero-order valence-corrected chi connectivity index (χ0v) is 17.6. The van der Waals surface area contributed by atoms with E-state index in [1.54, 1.807) is 19.9 Å². The molecular formula is C21H24FN3O4S. The van der Waals surface area contributed by atoms with E-state index in [0.717, 1.165) is 5.56 Å². The minimum atomic E-state index is -3.99. The van der Waals surface area contributed by atoms with Crippen molar-refractivity contribution < 1.29 is 22.4 Å². The topological polar surface area (TPSA) is 104 Å². The fourth-order valence-electron chi connectivity index (χ4n) is 3.20. The molecule has 1 heterocycles. The first-order chi connectivity index (χ1) is 14.2. The average molecular weight is 434 g/mol. The van der Waals surface area contributed by atoms with Crippen LogP contribution in [0.2, 0.25) is 0 Å². The maximum Gasteiger partial charge on any atom is 0.242 e. The van der Waals surface area contributed by atoms with Crippen molar-refractivity contribution in [3.63, 3.8) is 0 Å². The van der Waals surface area contributed by atoms with Gasteiger partial charge in [-0.05, 0) is 66.8 Å². The van der Waals surface area contributed by atoms with Gasteiger partial charge in [0.05, 0.1) is 4.90 Å². The smallest absolute Gasteiger partial charge is 0.242 e. The average Bonchev–Trinajstić information content (AvgIpc) is 2.87. The number of sulfonamides is 1. The summed E-state index contributed by atoms with van der Waals surface area (Å²) in [5, 5.41) is 5.37. The summed E-state index contributed by atoms with van der Waals surface area (Å²) in [5.74, 6) is -1.41. The minimum Gasteiger partial charge on any atom is -0.326 e. The summed E-state index contributed by atoms with van der Waals surface area (Å²) in [6.45, 7) is 3.45. The lowest BCUT2D eigenvalue weighted by Crippen LogP contribution is -2.47. The van der Waals surface area contributed by atoms with Gasteiger partial charge < -0.3 is 10.6 Å². The van der Waals surface area contributed by atoms with Crippen LogP contribution in [0.25, 0.3) is 0 Å². The second kappa shape index (κ2) is 8.93. The first-order valence-electron chi connectivity index (χ1n) is 9.67. The number of carbonyl (C=O) groups excluding carboxylic acids is 2. The van der Waals surface area contributed by atoms with Crippen LogP contribution >= 0.6 is 0 Å². The molecule has 0 bridgehead atoms.